The van der Waals surface area contributed by atoms with Crippen molar-refractivity contribution in [2.75, 3.05) is 5.75 Å². The molecular weight excluding hydrogens is 402 g/mol. The molecule has 1 aliphatic carbocycles. The molecule has 1 atom stereocenters. The molecule has 2 heterocycles. The Kier molecular flexibility index (Phi) is 6.06. The topological polar surface area (TPSA) is 64.0 Å². The lowest BCUT2D eigenvalue weighted by Gasteiger charge is -2.15. The van der Waals surface area contributed by atoms with Gasteiger partial charge in [-0.3, -0.25) is 14.2 Å². The van der Waals surface area contributed by atoms with Gasteiger partial charge in [-0.1, -0.05) is 49.9 Å². The molecule has 0 fully saturated rings. The summed E-state index contributed by atoms with van der Waals surface area (Å²) in [6.45, 7) is 4.90. The molecule has 7 heteroatoms. The largest absolute Gasteiger partial charge is 0.349 e. The summed E-state index contributed by atoms with van der Waals surface area (Å²) in [4.78, 5) is 30.2. The van der Waals surface area contributed by atoms with Gasteiger partial charge in [-0.15, -0.1) is 11.3 Å². The monoisotopic (exact) mass is 427 g/mol. The molecule has 0 spiro atoms. The Bertz CT molecular complexity index is 1090. The molecule has 0 radical (unpaired) electrons. The first-order chi connectivity index (χ1) is 14.0. The van der Waals surface area contributed by atoms with Crippen molar-refractivity contribution in [2.45, 2.75) is 50.9 Å². The van der Waals surface area contributed by atoms with Gasteiger partial charge >= 0.3 is 0 Å². The van der Waals surface area contributed by atoms with Gasteiger partial charge in [-0.25, -0.2) is 4.98 Å². The molecule has 1 aromatic carbocycles. The highest BCUT2D eigenvalue weighted by atomic mass is 32.2. The Morgan fingerprint density at radius 2 is 2.17 bits per heavy atom. The maximum absolute atomic E-state index is 12.9. The van der Waals surface area contributed by atoms with Crippen LogP contribution in [0.2, 0.25) is 0 Å². The number of fused-ring (bicyclic) bond motifs is 2. The van der Waals surface area contributed by atoms with E-state index in [1.54, 1.807) is 4.57 Å². The summed E-state index contributed by atoms with van der Waals surface area (Å²) in [6.07, 6.45) is 2.84. The Labute approximate surface area is 178 Å². The van der Waals surface area contributed by atoms with E-state index in [4.69, 9.17) is 0 Å². The van der Waals surface area contributed by atoms with Crippen LogP contribution in [0.1, 0.15) is 43.9 Å². The zero-order valence-electron chi connectivity index (χ0n) is 16.7. The first-order valence-electron chi connectivity index (χ1n) is 10.0. The number of hydrogen-bond donors (Lipinski definition) is 1. The van der Waals surface area contributed by atoms with Crippen LogP contribution in [0.15, 0.2) is 45.7 Å². The van der Waals surface area contributed by atoms with E-state index in [0.717, 1.165) is 19.3 Å². The van der Waals surface area contributed by atoms with E-state index in [-0.39, 0.29) is 23.3 Å². The molecule has 29 heavy (non-hydrogen) atoms. The van der Waals surface area contributed by atoms with Crippen LogP contribution in [-0.2, 0) is 17.8 Å². The van der Waals surface area contributed by atoms with Gasteiger partial charge in [0.25, 0.3) is 5.56 Å². The molecule has 1 N–H and O–H groups in total. The third-order valence-corrected chi connectivity index (χ3v) is 7.13. The van der Waals surface area contributed by atoms with Gasteiger partial charge in [0.1, 0.15) is 4.70 Å². The molecule has 152 valence electrons. The van der Waals surface area contributed by atoms with E-state index in [9.17, 15) is 9.59 Å². The van der Waals surface area contributed by atoms with Gasteiger partial charge < -0.3 is 5.32 Å². The van der Waals surface area contributed by atoms with Crippen molar-refractivity contribution in [1.82, 2.24) is 14.9 Å². The summed E-state index contributed by atoms with van der Waals surface area (Å²) in [5.74, 6) is 0.721. The zero-order valence-corrected chi connectivity index (χ0v) is 18.3. The predicted molar refractivity (Wildman–Crippen MR) is 120 cm³/mol. The minimum atomic E-state index is -0.0215. The number of aromatic nitrogens is 2. The predicted octanol–water partition coefficient (Wildman–Crippen LogP) is 4.40. The van der Waals surface area contributed by atoms with Gasteiger partial charge in [0.05, 0.1) is 17.3 Å². The molecule has 1 amide bonds. The van der Waals surface area contributed by atoms with Crippen LogP contribution in [0.3, 0.4) is 0 Å². The van der Waals surface area contributed by atoms with Crippen LogP contribution in [0.4, 0.5) is 0 Å². The van der Waals surface area contributed by atoms with Gasteiger partial charge in [0, 0.05) is 6.54 Å². The Hall–Kier alpha value is -2.12. The van der Waals surface area contributed by atoms with Crippen molar-refractivity contribution >= 4 is 39.2 Å². The summed E-state index contributed by atoms with van der Waals surface area (Å²) < 4.78 is 2.42. The van der Waals surface area contributed by atoms with Crippen LogP contribution in [-0.4, -0.2) is 21.2 Å². The quantitative estimate of drug-likeness (QED) is 0.448. The second-order valence-electron chi connectivity index (χ2n) is 7.81. The fourth-order valence-corrected chi connectivity index (χ4v) is 5.31. The lowest BCUT2D eigenvalue weighted by molar-refractivity contribution is -0.119. The Balaban J connectivity index is 1.48. The maximum Gasteiger partial charge on any atom is 0.272 e. The minimum absolute atomic E-state index is 0.00159. The third kappa shape index (κ3) is 4.41. The van der Waals surface area contributed by atoms with E-state index >= 15 is 0 Å². The van der Waals surface area contributed by atoms with E-state index in [1.807, 2.05) is 23.6 Å². The van der Waals surface area contributed by atoms with Gasteiger partial charge in [0.2, 0.25) is 5.91 Å². The number of thioether (sulfide) groups is 1. The minimum Gasteiger partial charge on any atom is -0.349 e. The number of nitrogens with zero attached hydrogens (tertiary/aromatic N) is 2. The van der Waals surface area contributed by atoms with Gasteiger partial charge in [-0.2, -0.15) is 0 Å². The number of nitrogens with one attached hydrogen (secondary N) is 1. The second kappa shape index (κ2) is 8.71. The lowest BCUT2D eigenvalue weighted by Crippen LogP contribution is -2.29. The number of amides is 1. The summed E-state index contributed by atoms with van der Waals surface area (Å²) in [7, 11) is 0. The number of thiophene rings is 1. The van der Waals surface area contributed by atoms with Crippen LogP contribution in [0, 0.1) is 5.92 Å². The maximum atomic E-state index is 12.9. The fourth-order valence-electron chi connectivity index (χ4n) is 3.69. The number of rotatable bonds is 7. The molecular formula is C22H25N3O2S2. The number of benzene rings is 1. The van der Waals surface area contributed by atoms with Crippen LogP contribution in [0.5, 0.6) is 0 Å². The first kappa shape index (κ1) is 20.2. The molecule has 0 saturated heterocycles. The highest BCUT2D eigenvalue weighted by Gasteiger charge is 2.23. The zero-order chi connectivity index (χ0) is 20.4. The number of hydrogen-bond acceptors (Lipinski definition) is 5. The van der Waals surface area contributed by atoms with E-state index in [0.29, 0.717) is 27.8 Å². The molecule has 4 rings (SSSR count). The molecule has 0 saturated carbocycles. The number of aryl methyl sites for hydroxylation is 1. The van der Waals surface area contributed by atoms with E-state index in [1.165, 1.54) is 34.2 Å². The summed E-state index contributed by atoms with van der Waals surface area (Å²) in [6, 6.07) is 10.2. The number of carbonyl (C=O) groups is 1. The van der Waals surface area contributed by atoms with Crippen molar-refractivity contribution in [3.63, 3.8) is 0 Å². The molecule has 2 aromatic heterocycles. The molecule has 0 aliphatic heterocycles. The van der Waals surface area contributed by atoms with E-state index in [2.05, 4.69) is 36.3 Å². The standard InChI is InChI=1S/C22H25N3O2S2/c1-14(2)9-11-25-21(27)20-18(10-12-28-20)24-22(25)29-13-19(26)23-17-8-7-15-5-3-4-6-16(15)17/h3-6,10,12,14,17H,7-9,11,13H2,1-2H3,(H,23,26)/t17-/m1/s1. The van der Waals surface area contributed by atoms with Crippen molar-refractivity contribution in [2.24, 2.45) is 5.92 Å². The van der Waals surface area contributed by atoms with Crippen molar-refractivity contribution in [3.05, 3.63) is 57.2 Å². The van der Waals surface area contributed by atoms with E-state index < -0.39 is 0 Å². The second-order valence-corrected chi connectivity index (χ2v) is 9.67. The fraction of sp³-hybridized carbons (Fsp3) is 0.409. The normalized spacial score (nSPS) is 15.8. The van der Waals surface area contributed by atoms with Crippen molar-refractivity contribution < 1.29 is 4.79 Å². The van der Waals surface area contributed by atoms with Crippen molar-refractivity contribution in [3.8, 4) is 0 Å². The highest BCUT2D eigenvalue weighted by Crippen LogP contribution is 2.31. The van der Waals surface area contributed by atoms with Crippen molar-refractivity contribution in [1.29, 1.82) is 0 Å². The molecule has 0 bridgehead atoms. The summed E-state index contributed by atoms with van der Waals surface area (Å²) in [5, 5.41) is 5.67. The van der Waals surface area contributed by atoms with Crippen LogP contribution >= 0.6 is 23.1 Å². The smallest absolute Gasteiger partial charge is 0.272 e. The molecule has 0 unspecified atom stereocenters. The van der Waals surface area contributed by atoms with Gasteiger partial charge in [0.15, 0.2) is 5.16 Å². The van der Waals surface area contributed by atoms with Crippen LogP contribution in [0.25, 0.3) is 10.2 Å². The number of carbonyl (C=O) groups excluding carboxylic acids is 1. The SMILES string of the molecule is CC(C)CCn1c(SCC(=O)N[C@@H]2CCc3ccccc32)nc2ccsc2c1=O. The highest BCUT2D eigenvalue weighted by molar-refractivity contribution is 7.99. The third-order valence-electron chi connectivity index (χ3n) is 5.26. The van der Waals surface area contributed by atoms with Crippen LogP contribution < -0.4 is 10.9 Å². The average Bonchev–Trinajstić information content (AvgIpc) is 3.33. The summed E-state index contributed by atoms with van der Waals surface area (Å²) >= 11 is 2.77. The lowest BCUT2D eigenvalue weighted by atomic mass is 10.1. The Morgan fingerprint density at radius 3 is 3.00 bits per heavy atom. The average molecular weight is 428 g/mol. The molecule has 5 nitrogen and oxygen atoms in total. The summed E-state index contributed by atoms with van der Waals surface area (Å²) in [5.41, 5.74) is 3.25. The first-order valence-corrected chi connectivity index (χ1v) is 11.9. The molecule has 3 aromatic rings. The molecule has 1 aliphatic rings. The Morgan fingerprint density at radius 1 is 1.34 bits per heavy atom. The van der Waals surface area contributed by atoms with Gasteiger partial charge in [-0.05, 0) is 47.8 Å².